The van der Waals surface area contributed by atoms with E-state index in [-0.39, 0.29) is 5.54 Å². The van der Waals surface area contributed by atoms with Crippen LogP contribution in [-0.4, -0.2) is 18.6 Å². The molecule has 0 saturated heterocycles. The van der Waals surface area contributed by atoms with Crippen molar-refractivity contribution >= 4 is 0 Å². The van der Waals surface area contributed by atoms with Crippen molar-refractivity contribution in [3.8, 4) is 0 Å². The molecular weight excluding hydrogens is 208 g/mol. The number of nitrogens with two attached hydrogens (primary N) is 1. The maximum Gasteiger partial charge on any atom is 0.0166 e. The zero-order chi connectivity index (χ0) is 12.4. The van der Waals surface area contributed by atoms with Gasteiger partial charge in [0.15, 0.2) is 0 Å². The first-order valence-corrected chi connectivity index (χ1v) is 7.76. The third kappa shape index (κ3) is 7.05. The molecular formula is C15H32N2. The van der Waals surface area contributed by atoms with E-state index in [1.807, 2.05) is 0 Å². The lowest BCUT2D eigenvalue weighted by Gasteiger charge is -2.23. The van der Waals surface area contributed by atoms with Crippen LogP contribution < -0.4 is 11.1 Å². The van der Waals surface area contributed by atoms with Crippen LogP contribution in [0.5, 0.6) is 0 Å². The van der Waals surface area contributed by atoms with E-state index >= 15 is 0 Å². The zero-order valence-electron chi connectivity index (χ0n) is 11.8. The predicted octanol–water partition coefficient (Wildman–Crippen LogP) is 3.60. The minimum Gasteiger partial charge on any atom is -0.325 e. The molecule has 0 amide bonds. The number of hydrogen-bond acceptors (Lipinski definition) is 2. The van der Waals surface area contributed by atoms with E-state index in [1.54, 1.807) is 0 Å². The number of rotatable bonds is 10. The highest BCUT2D eigenvalue weighted by Crippen LogP contribution is 2.29. The summed E-state index contributed by atoms with van der Waals surface area (Å²) in [6, 6.07) is 0. The molecule has 0 spiro atoms. The molecule has 0 bridgehead atoms. The van der Waals surface area contributed by atoms with Crippen molar-refractivity contribution in [2.75, 3.05) is 13.1 Å². The van der Waals surface area contributed by atoms with Gasteiger partial charge in [-0.2, -0.15) is 0 Å². The molecule has 1 aliphatic rings. The zero-order valence-corrected chi connectivity index (χ0v) is 11.8. The van der Waals surface area contributed by atoms with Gasteiger partial charge in [-0.15, -0.1) is 0 Å². The Morgan fingerprint density at radius 3 is 2.29 bits per heavy atom. The van der Waals surface area contributed by atoms with E-state index in [2.05, 4.69) is 12.2 Å². The minimum atomic E-state index is 0.175. The maximum atomic E-state index is 6.31. The van der Waals surface area contributed by atoms with E-state index in [0.717, 1.165) is 6.54 Å². The minimum absolute atomic E-state index is 0.175. The van der Waals surface area contributed by atoms with Crippen LogP contribution in [0.1, 0.15) is 77.6 Å². The van der Waals surface area contributed by atoms with Gasteiger partial charge in [0, 0.05) is 5.54 Å². The van der Waals surface area contributed by atoms with Crippen molar-refractivity contribution in [1.29, 1.82) is 0 Å². The van der Waals surface area contributed by atoms with Gasteiger partial charge in [-0.25, -0.2) is 0 Å². The molecule has 0 aromatic rings. The molecule has 102 valence electrons. The van der Waals surface area contributed by atoms with Crippen molar-refractivity contribution in [2.24, 2.45) is 5.73 Å². The van der Waals surface area contributed by atoms with E-state index in [4.69, 9.17) is 5.73 Å². The average molecular weight is 240 g/mol. The van der Waals surface area contributed by atoms with Crippen molar-refractivity contribution in [3.05, 3.63) is 0 Å². The fourth-order valence-corrected chi connectivity index (χ4v) is 2.82. The molecule has 1 aliphatic carbocycles. The smallest absolute Gasteiger partial charge is 0.0166 e. The largest absolute Gasteiger partial charge is 0.325 e. The summed E-state index contributed by atoms with van der Waals surface area (Å²) < 4.78 is 0. The van der Waals surface area contributed by atoms with Crippen LogP contribution in [0.3, 0.4) is 0 Å². The van der Waals surface area contributed by atoms with Gasteiger partial charge in [0.05, 0.1) is 0 Å². The van der Waals surface area contributed by atoms with E-state index < -0.39 is 0 Å². The second kappa shape index (κ2) is 8.93. The summed E-state index contributed by atoms with van der Waals surface area (Å²) in [7, 11) is 0. The first-order valence-electron chi connectivity index (χ1n) is 7.76. The van der Waals surface area contributed by atoms with Crippen LogP contribution in [0, 0.1) is 0 Å². The molecule has 0 atom stereocenters. The van der Waals surface area contributed by atoms with Crippen LogP contribution in [0.15, 0.2) is 0 Å². The molecule has 0 unspecified atom stereocenters. The SMILES string of the molecule is CCCCCCCCNCCC1(N)CCCC1. The van der Waals surface area contributed by atoms with Crippen molar-refractivity contribution in [1.82, 2.24) is 5.32 Å². The van der Waals surface area contributed by atoms with Gasteiger partial charge in [0.25, 0.3) is 0 Å². The van der Waals surface area contributed by atoms with Crippen LogP contribution in [0.2, 0.25) is 0 Å². The van der Waals surface area contributed by atoms with E-state index in [9.17, 15) is 0 Å². The maximum absolute atomic E-state index is 6.31. The molecule has 1 fully saturated rings. The lowest BCUT2D eigenvalue weighted by Crippen LogP contribution is -2.39. The highest BCUT2D eigenvalue weighted by molar-refractivity contribution is 4.89. The first kappa shape index (κ1) is 15.0. The summed E-state index contributed by atoms with van der Waals surface area (Å²) in [6.45, 7) is 4.57. The molecule has 0 aromatic heterocycles. The standard InChI is InChI=1S/C15H32N2/c1-2-3-4-5-6-9-13-17-14-12-15(16)10-7-8-11-15/h17H,2-14,16H2,1H3. The van der Waals surface area contributed by atoms with Gasteiger partial charge in [-0.1, -0.05) is 51.9 Å². The van der Waals surface area contributed by atoms with E-state index in [1.165, 1.54) is 77.2 Å². The van der Waals surface area contributed by atoms with Crippen LogP contribution in [0.25, 0.3) is 0 Å². The summed E-state index contributed by atoms with van der Waals surface area (Å²) in [4.78, 5) is 0. The number of nitrogens with one attached hydrogen (secondary N) is 1. The second-order valence-electron chi connectivity index (χ2n) is 5.84. The molecule has 3 N–H and O–H groups in total. The number of hydrogen-bond donors (Lipinski definition) is 2. The van der Waals surface area contributed by atoms with Crippen LogP contribution in [-0.2, 0) is 0 Å². The van der Waals surface area contributed by atoms with Crippen LogP contribution in [0.4, 0.5) is 0 Å². The summed E-state index contributed by atoms with van der Waals surface area (Å²) in [5.74, 6) is 0. The molecule has 1 saturated carbocycles. The third-order valence-electron chi connectivity index (χ3n) is 4.11. The molecule has 0 heterocycles. The highest BCUT2D eigenvalue weighted by Gasteiger charge is 2.28. The normalized spacial score (nSPS) is 18.7. The summed E-state index contributed by atoms with van der Waals surface area (Å²) in [6.07, 6.45) is 14.6. The fraction of sp³-hybridized carbons (Fsp3) is 1.00. The Kier molecular flexibility index (Phi) is 7.87. The summed E-state index contributed by atoms with van der Waals surface area (Å²) in [5, 5.41) is 3.55. The molecule has 0 aliphatic heterocycles. The van der Waals surface area contributed by atoms with E-state index in [0.29, 0.717) is 0 Å². The molecule has 0 radical (unpaired) electrons. The molecule has 2 heteroatoms. The third-order valence-corrected chi connectivity index (χ3v) is 4.11. The first-order chi connectivity index (χ1) is 8.27. The topological polar surface area (TPSA) is 38.0 Å². The second-order valence-corrected chi connectivity index (χ2v) is 5.84. The van der Waals surface area contributed by atoms with Crippen molar-refractivity contribution in [2.45, 2.75) is 83.1 Å². The van der Waals surface area contributed by atoms with Crippen LogP contribution >= 0.6 is 0 Å². The molecule has 1 rings (SSSR count). The Bertz CT molecular complexity index is 174. The number of unbranched alkanes of at least 4 members (excludes halogenated alkanes) is 5. The van der Waals surface area contributed by atoms with Gasteiger partial charge < -0.3 is 11.1 Å². The monoisotopic (exact) mass is 240 g/mol. The van der Waals surface area contributed by atoms with Crippen molar-refractivity contribution < 1.29 is 0 Å². The summed E-state index contributed by atoms with van der Waals surface area (Å²) >= 11 is 0. The lowest BCUT2D eigenvalue weighted by atomic mass is 9.95. The average Bonchev–Trinajstić information content (AvgIpc) is 2.74. The predicted molar refractivity (Wildman–Crippen MR) is 76.2 cm³/mol. The van der Waals surface area contributed by atoms with Gasteiger partial charge in [0.1, 0.15) is 0 Å². The Balaban J connectivity index is 1.81. The Morgan fingerprint density at radius 1 is 0.941 bits per heavy atom. The molecule has 17 heavy (non-hydrogen) atoms. The lowest BCUT2D eigenvalue weighted by molar-refractivity contribution is 0.392. The van der Waals surface area contributed by atoms with Gasteiger partial charge >= 0.3 is 0 Å². The molecule has 0 aromatic carbocycles. The summed E-state index contributed by atoms with van der Waals surface area (Å²) in [5.41, 5.74) is 6.49. The Hall–Kier alpha value is -0.0800. The van der Waals surface area contributed by atoms with Gasteiger partial charge in [0.2, 0.25) is 0 Å². The van der Waals surface area contributed by atoms with Gasteiger partial charge in [-0.3, -0.25) is 0 Å². The highest BCUT2D eigenvalue weighted by atomic mass is 14.9. The van der Waals surface area contributed by atoms with Crippen molar-refractivity contribution in [3.63, 3.8) is 0 Å². The fourth-order valence-electron chi connectivity index (χ4n) is 2.82. The van der Waals surface area contributed by atoms with Gasteiger partial charge in [-0.05, 0) is 38.8 Å². The Labute approximate surface area is 108 Å². The quantitative estimate of drug-likeness (QED) is 0.573. The molecule has 2 nitrogen and oxygen atoms in total. The Morgan fingerprint density at radius 2 is 1.59 bits per heavy atom.